The molecule has 1 unspecified atom stereocenters. The van der Waals surface area contributed by atoms with Crippen LogP contribution in [0.25, 0.3) is 0 Å². The predicted molar refractivity (Wildman–Crippen MR) is 90.8 cm³/mol. The molecule has 2 rings (SSSR count). The summed E-state index contributed by atoms with van der Waals surface area (Å²) in [7, 11) is -3.66. The number of nitrogens with two attached hydrogens (primary N) is 1. The first-order valence-electron chi connectivity index (χ1n) is 6.55. The number of hydrogen-bond donors (Lipinski definition) is 2. The zero-order valence-electron chi connectivity index (χ0n) is 11.5. The van der Waals surface area contributed by atoms with E-state index < -0.39 is 10.0 Å². The smallest absolute Gasteiger partial charge is 0.243 e. The number of anilines is 1. The molecular formula is C14H17BrN2O2S2. The van der Waals surface area contributed by atoms with Crippen LogP contribution in [0.3, 0.4) is 0 Å². The minimum Gasteiger partial charge on any atom is -0.398 e. The van der Waals surface area contributed by atoms with Crippen molar-refractivity contribution in [3.8, 4) is 0 Å². The molecular weight excluding hydrogens is 372 g/mol. The summed E-state index contributed by atoms with van der Waals surface area (Å²) >= 11 is 4.83. The average molecular weight is 389 g/mol. The van der Waals surface area contributed by atoms with Gasteiger partial charge in [-0.2, -0.15) is 0 Å². The highest BCUT2D eigenvalue weighted by Crippen LogP contribution is 2.28. The van der Waals surface area contributed by atoms with Crippen LogP contribution in [0, 0.1) is 0 Å². The molecule has 0 bridgehead atoms. The molecule has 0 spiro atoms. The fourth-order valence-corrected chi connectivity index (χ4v) is 4.84. The van der Waals surface area contributed by atoms with Gasteiger partial charge in [0, 0.05) is 9.35 Å². The Hall–Kier alpha value is -0.890. The van der Waals surface area contributed by atoms with Gasteiger partial charge >= 0.3 is 0 Å². The van der Waals surface area contributed by atoms with Crippen molar-refractivity contribution in [1.29, 1.82) is 0 Å². The Morgan fingerprint density at radius 3 is 2.76 bits per heavy atom. The van der Waals surface area contributed by atoms with Crippen molar-refractivity contribution in [2.75, 3.05) is 5.73 Å². The van der Waals surface area contributed by atoms with Crippen molar-refractivity contribution in [3.63, 3.8) is 0 Å². The largest absolute Gasteiger partial charge is 0.398 e. The van der Waals surface area contributed by atoms with Crippen molar-refractivity contribution in [3.05, 3.63) is 45.1 Å². The zero-order chi connectivity index (χ0) is 15.5. The summed E-state index contributed by atoms with van der Waals surface area (Å²) < 4.78 is 28.6. The van der Waals surface area contributed by atoms with Gasteiger partial charge in [-0.25, -0.2) is 13.1 Å². The van der Waals surface area contributed by atoms with Crippen LogP contribution < -0.4 is 10.5 Å². The summed E-state index contributed by atoms with van der Waals surface area (Å²) in [6.07, 6.45) is 1.63. The average Bonchev–Trinajstić information content (AvgIpc) is 2.95. The maximum Gasteiger partial charge on any atom is 0.243 e. The Labute approximate surface area is 137 Å². The van der Waals surface area contributed by atoms with Crippen molar-refractivity contribution in [2.45, 2.75) is 30.7 Å². The Kier molecular flexibility index (Phi) is 5.43. The number of rotatable bonds is 6. The summed E-state index contributed by atoms with van der Waals surface area (Å²) in [5, 5.41) is 1.94. The molecule has 0 aliphatic heterocycles. The molecule has 7 heteroatoms. The van der Waals surface area contributed by atoms with Crippen LogP contribution in [-0.2, 0) is 10.0 Å². The molecule has 1 aromatic heterocycles. The molecule has 3 N–H and O–H groups in total. The molecule has 21 heavy (non-hydrogen) atoms. The molecule has 0 saturated carbocycles. The second-order valence-electron chi connectivity index (χ2n) is 4.66. The molecule has 0 radical (unpaired) electrons. The highest BCUT2D eigenvalue weighted by Gasteiger charge is 2.23. The summed E-state index contributed by atoms with van der Waals surface area (Å²) in [4.78, 5) is 1.11. The number of nitrogen functional groups attached to an aromatic ring is 1. The van der Waals surface area contributed by atoms with E-state index in [2.05, 4.69) is 20.7 Å². The van der Waals surface area contributed by atoms with Crippen LogP contribution in [0.2, 0.25) is 0 Å². The van der Waals surface area contributed by atoms with Crippen LogP contribution >= 0.6 is 27.3 Å². The minimum atomic E-state index is -3.66. The van der Waals surface area contributed by atoms with Gasteiger partial charge in [-0.3, -0.25) is 0 Å². The van der Waals surface area contributed by atoms with E-state index in [1.807, 2.05) is 24.4 Å². The lowest BCUT2D eigenvalue weighted by molar-refractivity contribution is 0.540. The van der Waals surface area contributed by atoms with Gasteiger partial charge in [0.25, 0.3) is 0 Å². The van der Waals surface area contributed by atoms with Gasteiger partial charge in [0.15, 0.2) is 0 Å². The molecule has 114 valence electrons. The fourth-order valence-electron chi connectivity index (χ4n) is 2.03. The summed E-state index contributed by atoms with van der Waals surface area (Å²) in [5.41, 5.74) is 6.05. The lowest BCUT2D eigenvalue weighted by atomic mass is 10.1. The molecule has 1 atom stereocenters. The maximum atomic E-state index is 12.6. The monoisotopic (exact) mass is 388 g/mol. The van der Waals surface area contributed by atoms with E-state index in [9.17, 15) is 8.42 Å². The van der Waals surface area contributed by atoms with Crippen LogP contribution in [0.4, 0.5) is 5.69 Å². The predicted octanol–water partition coefficient (Wildman–Crippen LogP) is 3.91. The summed E-state index contributed by atoms with van der Waals surface area (Å²) in [6.45, 7) is 2.03. The van der Waals surface area contributed by atoms with Crippen LogP contribution in [-0.4, -0.2) is 8.42 Å². The lowest BCUT2D eigenvalue weighted by Crippen LogP contribution is -2.28. The van der Waals surface area contributed by atoms with Gasteiger partial charge in [-0.15, -0.1) is 11.3 Å². The quantitative estimate of drug-likeness (QED) is 0.736. The first-order chi connectivity index (χ1) is 9.94. The lowest BCUT2D eigenvalue weighted by Gasteiger charge is -2.18. The highest BCUT2D eigenvalue weighted by molar-refractivity contribution is 9.10. The molecule has 0 saturated heterocycles. The molecule has 0 fully saturated rings. The van der Waals surface area contributed by atoms with Gasteiger partial charge in [0.2, 0.25) is 10.0 Å². The topological polar surface area (TPSA) is 72.2 Å². The van der Waals surface area contributed by atoms with E-state index in [0.29, 0.717) is 4.47 Å². The molecule has 4 nitrogen and oxygen atoms in total. The number of thiophene rings is 1. The third-order valence-electron chi connectivity index (χ3n) is 3.03. The van der Waals surface area contributed by atoms with Crippen molar-refractivity contribution in [2.24, 2.45) is 0 Å². The first kappa shape index (κ1) is 16.5. The second-order valence-corrected chi connectivity index (χ2v) is 8.24. The Morgan fingerprint density at radius 2 is 2.14 bits per heavy atom. The highest BCUT2D eigenvalue weighted by atomic mass is 79.9. The maximum absolute atomic E-state index is 12.6. The first-order valence-corrected chi connectivity index (χ1v) is 9.70. The van der Waals surface area contributed by atoms with E-state index in [1.165, 1.54) is 6.07 Å². The minimum absolute atomic E-state index is 0.106. The van der Waals surface area contributed by atoms with Gasteiger partial charge in [0.1, 0.15) is 4.90 Å². The number of benzene rings is 1. The van der Waals surface area contributed by atoms with Crippen molar-refractivity contribution < 1.29 is 8.42 Å². The van der Waals surface area contributed by atoms with Crippen LogP contribution in [0.5, 0.6) is 0 Å². The van der Waals surface area contributed by atoms with Gasteiger partial charge in [0.05, 0.1) is 11.7 Å². The molecule has 0 aliphatic carbocycles. The van der Waals surface area contributed by atoms with Gasteiger partial charge in [-0.05, 0) is 36.1 Å². The van der Waals surface area contributed by atoms with E-state index >= 15 is 0 Å². The molecule has 0 amide bonds. The van der Waals surface area contributed by atoms with Crippen LogP contribution in [0.1, 0.15) is 30.7 Å². The SMILES string of the molecule is CCCC(NS(=O)(=O)c1cc(Br)ccc1N)c1cccs1. The third kappa shape index (κ3) is 4.06. The molecule has 1 aromatic carbocycles. The van der Waals surface area contributed by atoms with Crippen molar-refractivity contribution >= 4 is 43.0 Å². The Morgan fingerprint density at radius 1 is 1.38 bits per heavy atom. The zero-order valence-corrected chi connectivity index (χ0v) is 14.8. The standard InChI is InChI=1S/C14H17BrN2O2S2/c1-2-4-12(13-5-3-8-20-13)17-21(18,19)14-9-10(15)6-7-11(14)16/h3,5-9,12,17H,2,4,16H2,1H3. The Balaban J connectivity index is 2.32. The van der Waals surface area contributed by atoms with Crippen molar-refractivity contribution in [1.82, 2.24) is 4.72 Å². The second kappa shape index (κ2) is 6.91. The fraction of sp³-hybridized carbons (Fsp3) is 0.286. The summed E-state index contributed by atoms with van der Waals surface area (Å²) in [5.74, 6) is 0. The number of sulfonamides is 1. The number of nitrogens with one attached hydrogen (secondary N) is 1. The van der Waals surface area contributed by atoms with E-state index in [0.717, 1.165) is 17.7 Å². The number of hydrogen-bond acceptors (Lipinski definition) is 4. The van der Waals surface area contributed by atoms with E-state index in [4.69, 9.17) is 5.73 Å². The van der Waals surface area contributed by atoms with E-state index in [1.54, 1.807) is 23.5 Å². The summed E-state index contributed by atoms with van der Waals surface area (Å²) in [6, 6.07) is 8.46. The molecule has 2 aromatic rings. The van der Waals surface area contributed by atoms with Crippen LogP contribution in [0.15, 0.2) is 45.1 Å². The molecule has 1 heterocycles. The normalized spacial score (nSPS) is 13.2. The van der Waals surface area contributed by atoms with Gasteiger partial charge in [-0.1, -0.05) is 35.3 Å². The molecule has 0 aliphatic rings. The van der Waals surface area contributed by atoms with Gasteiger partial charge < -0.3 is 5.73 Å². The Bertz CT molecular complexity index is 700. The number of halogens is 1. The van der Waals surface area contributed by atoms with E-state index in [-0.39, 0.29) is 16.6 Å². The third-order valence-corrected chi connectivity index (χ3v) is 6.03.